The van der Waals surface area contributed by atoms with E-state index in [0.29, 0.717) is 30.3 Å². The number of carbonyl (C=O) groups excluding carboxylic acids is 1. The van der Waals surface area contributed by atoms with Gasteiger partial charge in [0.25, 0.3) is 0 Å². The van der Waals surface area contributed by atoms with Gasteiger partial charge in [0.1, 0.15) is 0 Å². The first-order valence-electron chi connectivity index (χ1n) is 7.74. The predicted molar refractivity (Wildman–Crippen MR) is 88.8 cm³/mol. The van der Waals surface area contributed by atoms with Gasteiger partial charge in [0.15, 0.2) is 17.3 Å². The topological polar surface area (TPSA) is 44.8 Å². The Labute approximate surface area is 136 Å². The summed E-state index contributed by atoms with van der Waals surface area (Å²) in [4.78, 5) is 12.0. The fourth-order valence-electron chi connectivity index (χ4n) is 3.14. The third-order valence-electron chi connectivity index (χ3n) is 4.16. The molecule has 4 heteroatoms. The molecule has 0 spiro atoms. The van der Waals surface area contributed by atoms with Crippen LogP contribution in [0.4, 0.5) is 0 Å². The van der Waals surface area contributed by atoms with Gasteiger partial charge in [-0.2, -0.15) is 0 Å². The van der Waals surface area contributed by atoms with Gasteiger partial charge in [-0.3, -0.25) is 4.79 Å². The molecule has 0 heterocycles. The van der Waals surface area contributed by atoms with Gasteiger partial charge in [0.05, 0.1) is 20.8 Å². The van der Waals surface area contributed by atoms with Crippen molar-refractivity contribution in [2.75, 3.05) is 20.8 Å². The van der Waals surface area contributed by atoms with E-state index in [1.807, 2.05) is 37.3 Å². The highest BCUT2D eigenvalue weighted by Gasteiger charge is 2.25. The zero-order valence-electron chi connectivity index (χ0n) is 13.6. The van der Waals surface area contributed by atoms with Gasteiger partial charge in [-0.25, -0.2) is 0 Å². The van der Waals surface area contributed by atoms with E-state index in [1.54, 1.807) is 14.2 Å². The Hall–Kier alpha value is -2.49. The van der Waals surface area contributed by atoms with Gasteiger partial charge in [0, 0.05) is 17.5 Å². The summed E-state index contributed by atoms with van der Waals surface area (Å²) < 4.78 is 16.7. The van der Waals surface area contributed by atoms with Crippen LogP contribution in [0.15, 0.2) is 30.3 Å². The molecule has 1 aliphatic carbocycles. The largest absolute Gasteiger partial charge is 0.493 e. The number of ketones is 1. The van der Waals surface area contributed by atoms with Crippen molar-refractivity contribution in [1.29, 1.82) is 0 Å². The van der Waals surface area contributed by atoms with Gasteiger partial charge < -0.3 is 14.2 Å². The van der Waals surface area contributed by atoms with Crippen molar-refractivity contribution in [3.8, 4) is 28.4 Å². The maximum atomic E-state index is 12.0. The smallest absolute Gasteiger partial charge is 0.203 e. The Balaban J connectivity index is 2.23. The molecule has 0 aromatic heterocycles. The normalized spacial score (nSPS) is 12.9. The average molecular weight is 312 g/mol. The fraction of sp³-hybridized carbons (Fsp3) is 0.316. The second kappa shape index (κ2) is 6.32. The fourth-order valence-corrected chi connectivity index (χ4v) is 3.14. The van der Waals surface area contributed by atoms with Gasteiger partial charge in [-0.15, -0.1) is 0 Å². The summed E-state index contributed by atoms with van der Waals surface area (Å²) in [5.74, 6) is 2.07. The molecule has 3 rings (SSSR count). The minimum Gasteiger partial charge on any atom is -0.493 e. The third-order valence-corrected chi connectivity index (χ3v) is 4.16. The standard InChI is InChI=1S/C19H20O4/c1-4-23-18-15(9-11-17(21-2)19(18)22-3)12-6-5-7-14-13(12)8-10-16(14)20/h5-7,9,11H,4,8,10H2,1-3H3. The lowest BCUT2D eigenvalue weighted by atomic mass is 9.95. The van der Waals surface area contributed by atoms with Gasteiger partial charge in [-0.1, -0.05) is 18.2 Å². The molecule has 0 unspecified atom stereocenters. The quantitative estimate of drug-likeness (QED) is 0.840. The molecule has 0 fully saturated rings. The van der Waals surface area contributed by atoms with Gasteiger partial charge in [0.2, 0.25) is 5.75 Å². The monoisotopic (exact) mass is 312 g/mol. The highest BCUT2D eigenvalue weighted by molar-refractivity contribution is 6.02. The van der Waals surface area contributed by atoms with Crippen LogP contribution >= 0.6 is 0 Å². The molecule has 120 valence electrons. The minimum atomic E-state index is 0.209. The van der Waals surface area contributed by atoms with E-state index in [-0.39, 0.29) is 5.78 Å². The van der Waals surface area contributed by atoms with Crippen LogP contribution in [0, 0.1) is 0 Å². The summed E-state index contributed by atoms with van der Waals surface area (Å²) in [5, 5.41) is 0. The molecule has 0 N–H and O–H groups in total. The van der Waals surface area contributed by atoms with Crippen LogP contribution in [-0.2, 0) is 6.42 Å². The molecule has 2 aromatic carbocycles. The van der Waals surface area contributed by atoms with Crippen molar-refractivity contribution in [3.05, 3.63) is 41.5 Å². The van der Waals surface area contributed by atoms with Crippen LogP contribution in [0.25, 0.3) is 11.1 Å². The van der Waals surface area contributed by atoms with Crippen molar-refractivity contribution < 1.29 is 19.0 Å². The maximum Gasteiger partial charge on any atom is 0.203 e. The number of carbonyl (C=O) groups is 1. The Morgan fingerprint density at radius 3 is 2.39 bits per heavy atom. The van der Waals surface area contributed by atoms with Crippen LogP contribution in [0.3, 0.4) is 0 Å². The van der Waals surface area contributed by atoms with Gasteiger partial charge >= 0.3 is 0 Å². The number of ether oxygens (including phenoxy) is 3. The summed E-state index contributed by atoms with van der Waals surface area (Å²) in [5.41, 5.74) is 3.86. The Kier molecular flexibility index (Phi) is 4.24. The van der Waals surface area contributed by atoms with E-state index in [2.05, 4.69) is 0 Å². The number of benzene rings is 2. The van der Waals surface area contributed by atoms with Crippen LogP contribution in [0.5, 0.6) is 17.2 Å². The molecule has 0 aliphatic heterocycles. The number of rotatable bonds is 5. The first kappa shape index (κ1) is 15.4. The zero-order chi connectivity index (χ0) is 16.4. The average Bonchev–Trinajstić information content (AvgIpc) is 2.96. The van der Waals surface area contributed by atoms with Crippen molar-refractivity contribution in [1.82, 2.24) is 0 Å². The van der Waals surface area contributed by atoms with E-state index in [0.717, 1.165) is 28.7 Å². The molecule has 2 aromatic rings. The molecule has 0 radical (unpaired) electrons. The van der Waals surface area contributed by atoms with Crippen LogP contribution in [0.1, 0.15) is 29.3 Å². The second-order valence-electron chi connectivity index (χ2n) is 5.37. The van der Waals surface area contributed by atoms with E-state index in [1.165, 1.54) is 0 Å². The van der Waals surface area contributed by atoms with E-state index in [9.17, 15) is 4.79 Å². The number of hydrogen-bond donors (Lipinski definition) is 0. The predicted octanol–water partition coefficient (Wildman–Crippen LogP) is 3.90. The minimum absolute atomic E-state index is 0.209. The molecule has 4 nitrogen and oxygen atoms in total. The molecule has 0 bridgehead atoms. The Bertz CT molecular complexity index is 749. The summed E-state index contributed by atoms with van der Waals surface area (Å²) >= 11 is 0. The molecule has 0 amide bonds. The van der Waals surface area contributed by atoms with Crippen molar-refractivity contribution >= 4 is 5.78 Å². The van der Waals surface area contributed by atoms with Crippen molar-refractivity contribution in [2.45, 2.75) is 19.8 Å². The summed E-state index contributed by atoms with van der Waals surface area (Å²) in [6.45, 7) is 2.45. The van der Waals surface area contributed by atoms with Crippen LogP contribution in [0.2, 0.25) is 0 Å². The zero-order valence-corrected chi connectivity index (χ0v) is 13.6. The first-order chi connectivity index (χ1) is 11.2. The molecule has 0 saturated carbocycles. The number of Topliss-reactive ketones (excluding diaryl/α,β-unsaturated/α-hetero) is 1. The lowest BCUT2D eigenvalue weighted by Gasteiger charge is -2.18. The van der Waals surface area contributed by atoms with Crippen LogP contribution in [-0.4, -0.2) is 26.6 Å². The molecule has 0 saturated heterocycles. The number of hydrogen-bond acceptors (Lipinski definition) is 4. The summed E-state index contributed by atoms with van der Waals surface area (Å²) in [6, 6.07) is 9.68. The highest BCUT2D eigenvalue weighted by atomic mass is 16.5. The Morgan fingerprint density at radius 2 is 1.70 bits per heavy atom. The van der Waals surface area contributed by atoms with Gasteiger partial charge in [-0.05, 0) is 36.6 Å². The molecule has 23 heavy (non-hydrogen) atoms. The lowest BCUT2D eigenvalue weighted by Crippen LogP contribution is -2.01. The molecular formula is C19H20O4. The SMILES string of the molecule is CCOc1c(-c2cccc3c2CCC3=O)ccc(OC)c1OC. The summed E-state index contributed by atoms with van der Waals surface area (Å²) in [7, 11) is 3.20. The van der Waals surface area contributed by atoms with E-state index >= 15 is 0 Å². The molecular weight excluding hydrogens is 292 g/mol. The van der Waals surface area contributed by atoms with Crippen molar-refractivity contribution in [2.24, 2.45) is 0 Å². The summed E-state index contributed by atoms with van der Waals surface area (Å²) in [6.07, 6.45) is 1.34. The highest BCUT2D eigenvalue weighted by Crippen LogP contribution is 2.46. The molecule has 1 aliphatic rings. The first-order valence-corrected chi connectivity index (χ1v) is 7.74. The lowest BCUT2D eigenvalue weighted by molar-refractivity contribution is 0.0994. The van der Waals surface area contributed by atoms with E-state index in [4.69, 9.17) is 14.2 Å². The second-order valence-corrected chi connectivity index (χ2v) is 5.37. The Morgan fingerprint density at radius 1 is 0.913 bits per heavy atom. The van der Waals surface area contributed by atoms with Crippen LogP contribution < -0.4 is 14.2 Å². The van der Waals surface area contributed by atoms with E-state index < -0.39 is 0 Å². The van der Waals surface area contributed by atoms with Crippen molar-refractivity contribution in [3.63, 3.8) is 0 Å². The number of fused-ring (bicyclic) bond motifs is 1. The number of methoxy groups -OCH3 is 2. The molecule has 0 atom stereocenters. The maximum absolute atomic E-state index is 12.0. The third kappa shape index (κ3) is 2.54.